The molecule has 12 heteroatoms. The SMILES string of the molecule is C=C.C=C.COC(C)C(=O)OC(C)C(=O)CC(C)=O.COCC(C)OC(=O)CC(=O)C(C)OC(=O)C(C)O. The summed E-state index contributed by atoms with van der Waals surface area (Å²) in [5.74, 6) is -3.48. The molecule has 0 spiro atoms. The summed E-state index contributed by atoms with van der Waals surface area (Å²) in [6.45, 7) is 20.7. The summed E-state index contributed by atoms with van der Waals surface area (Å²) in [5.41, 5.74) is 0. The zero-order valence-electron chi connectivity index (χ0n) is 23.8. The van der Waals surface area contributed by atoms with Gasteiger partial charge in [0.2, 0.25) is 0 Å². The van der Waals surface area contributed by atoms with Crippen molar-refractivity contribution in [2.24, 2.45) is 0 Å². The van der Waals surface area contributed by atoms with Crippen molar-refractivity contribution in [3.8, 4) is 0 Å². The minimum atomic E-state index is -1.32. The van der Waals surface area contributed by atoms with Gasteiger partial charge in [0.1, 0.15) is 24.4 Å². The van der Waals surface area contributed by atoms with E-state index < -0.39 is 66.4 Å². The predicted octanol–water partition coefficient (Wildman–Crippen LogP) is 1.94. The highest BCUT2D eigenvalue weighted by atomic mass is 16.6. The Balaban J connectivity index is -0.000000274. The standard InChI is InChI=1S/C12H20O7.C10H16O5.2C2H4/c1-7(6-17-4)18-11(15)5-10(14)9(3)19-12(16)8(2)13;1-6(11)5-9(12)7(2)15-10(13)8(3)14-4;2*1-2/h7-9,13H,5-6H2,1-4H3;7-8H,5H2,1-4H3;2*1-2H2. The van der Waals surface area contributed by atoms with Crippen molar-refractivity contribution < 1.29 is 57.6 Å². The first-order valence-corrected chi connectivity index (χ1v) is 11.5. The van der Waals surface area contributed by atoms with Crippen LogP contribution < -0.4 is 0 Å². The summed E-state index contributed by atoms with van der Waals surface area (Å²) in [6.07, 6.45) is -5.20. The van der Waals surface area contributed by atoms with E-state index in [0.29, 0.717) is 0 Å². The number of aliphatic hydroxyl groups is 1. The van der Waals surface area contributed by atoms with Gasteiger partial charge in [-0.05, 0) is 41.5 Å². The average Bonchev–Trinajstić information content (AvgIpc) is 2.85. The van der Waals surface area contributed by atoms with Gasteiger partial charge in [-0.15, -0.1) is 26.3 Å². The highest BCUT2D eigenvalue weighted by Crippen LogP contribution is 2.04. The van der Waals surface area contributed by atoms with Gasteiger partial charge < -0.3 is 28.8 Å². The summed E-state index contributed by atoms with van der Waals surface area (Å²) in [5, 5.41) is 8.92. The number of rotatable bonds is 14. The Hall–Kier alpha value is -3.22. The zero-order valence-corrected chi connectivity index (χ0v) is 23.8. The lowest BCUT2D eigenvalue weighted by Gasteiger charge is -2.15. The molecule has 0 bridgehead atoms. The number of carbonyl (C=O) groups is 6. The van der Waals surface area contributed by atoms with E-state index in [-0.39, 0.29) is 18.8 Å². The zero-order chi connectivity index (χ0) is 31.0. The van der Waals surface area contributed by atoms with Crippen molar-refractivity contribution in [2.45, 2.75) is 84.9 Å². The maximum absolute atomic E-state index is 11.6. The summed E-state index contributed by atoms with van der Waals surface area (Å²) in [4.78, 5) is 67.1. The predicted molar refractivity (Wildman–Crippen MR) is 139 cm³/mol. The van der Waals surface area contributed by atoms with Gasteiger partial charge in [-0.3, -0.25) is 19.2 Å². The van der Waals surface area contributed by atoms with Crippen LogP contribution in [0.25, 0.3) is 0 Å². The quantitative estimate of drug-likeness (QED) is 0.145. The largest absolute Gasteiger partial charge is 0.460 e. The lowest BCUT2D eigenvalue weighted by atomic mass is 10.1. The van der Waals surface area contributed by atoms with Crippen LogP contribution in [0.3, 0.4) is 0 Å². The highest BCUT2D eigenvalue weighted by Gasteiger charge is 2.24. The molecule has 0 amide bonds. The number of hydrogen-bond acceptors (Lipinski definition) is 12. The fourth-order valence-electron chi connectivity index (χ4n) is 1.98. The van der Waals surface area contributed by atoms with E-state index in [1.54, 1.807) is 6.92 Å². The van der Waals surface area contributed by atoms with E-state index in [4.69, 9.17) is 24.1 Å². The number of methoxy groups -OCH3 is 2. The molecule has 220 valence electrons. The molecule has 0 fully saturated rings. The van der Waals surface area contributed by atoms with Crippen LogP contribution in [0.5, 0.6) is 0 Å². The molecule has 0 rings (SSSR count). The van der Waals surface area contributed by atoms with E-state index in [2.05, 4.69) is 31.1 Å². The molecule has 0 aliphatic rings. The van der Waals surface area contributed by atoms with Crippen LogP contribution in [-0.4, -0.2) is 91.7 Å². The number of ether oxygens (including phenoxy) is 5. The van der Waals surface area contributed by atoms with E-state index in [1.165, 1.54) is 48.8 Å². The molecule has 0 radical (unpaired) electrons. The van der Waals surface area contributed by atoms with Crippen LogP contribution in [0.2, 0.25) is 0 Å². The number of ketones is 3. The highest BCUT2D eigenvalue weighted by molar-refractivity contribution is 6.00. The smallest absolute Gasteiger partial charge is 0.335 e. The number of carbonyl (C=O) groups excluding carboxylic acids is 6. The van der Waals surface area contributed by atoms with E-state index >= 15 is 0 Å². The first-order valence-electron chi connectivity index (χ1n) is 11.5. The number of hydrogen-bond donors (Lipinski definition) is 1. The second-order valence-electron chi connectivity index (χ2n) is 7.46. The monoisotopic (exact) mass is 548 g/mol. The maximum Gasteiger partial charge on any atom is 0.335 e. The molecule has 0 aromatic rings. The van der Waals surface area contributed by atoms with Crippen LogP contribution in [0.1, 0.15) is 54.4 Å². The van der Waals surface area contributed by atoms with Crippen LogP contribution in [0.15, 0.2) is 26.3 Å². The van der Waals surface area contributed by atoms with Crippen molar-refractivity contribution in [1.29, 1.82) is 0 Å². The Morgan fingerprint density at radius 3 is 1.47 bits per heavy atom. The lowest BCUT2D eigenvalue weighted by Crippen LogP contribution is -2.31. The van der Waals surface area contributed by atoms with Gasteiger partial charge >= 0.3 is 17.9 Å². The van der Waals surface area contributed by atoms with Crippen LogP contribution >= 0.6 is 0 Å². The summed E-state index contributed by atoms with van der Waals surface area (Å²) in [7, 11) is 2.83. The van der Waals surface area contributed by atoms with E-state index in [1.807, 2.05) is 0 Å². The molecule has 0 aliphatic heterocycles. The third-order valence-corrected chi connectivity index (χ3v) is 4.00. The molecule has 1 N–H and O–H groups in total. The third kappa shape index (κ3) is 23.2. The van der Waals surface area contributed by atoms with Crippen molar-refractivity contribution in [3.63, 3.8) is 0 Å². The Bertz CT molecular complexity index is 730. The summed E-state index contributed by atoms with van der Waals surface area (Å²) in [6, 6.07) is 0. The number of esters is 3. The fraction of sp³-hybridized carbons (Fsp3) is 0.615. The van der Waals surface area contributed by atoms with Crippen molar-refractivity contribution in [2.75, 3.05) is 20.8 Å². The summed E-state index contributed by atoms with van der Waals surface area (Å²) >= 11 is 0. The van der Waals surface area contributed by atoms with Crippen molar-refractivity contribution in [3.05, 3.63) is 26.3 Å². The van der Waals surface area contributed by atoms with Crippen molar-refractivity contribution >= 4 is 35.3 Å². The molecule has 0 aliphatic carbocycles. The Morgan fingerprint density at radius 1 is 0.684 bits per heavy atom. The van der Waals surface area contributed by atoms with Crippen LogP contribution in [-0.2, 0) is 52.5 Å². The molecule has 0 aromatic carbocycles. The van der Waals surface area contributed by atoms with Crippen LogP contribution in [0, 0.1) is 0 Å². The summed E-state index contributed by atoms with van der Waals surface area (Å²) < 4.78 is 23.8. The van der Waals surface area contributed by atoms with Gasteiger partial charge in [-0.1, -0.05) is 0 Å². The molecule has 0 heterocycles. The number of Topliss-reactive ketones (excluding diaryl/α,β-unsaturated/α-hetero) is 3. The number of aliphatic hydroxyl groups excluding tert-OH is 1. The van der Waals surface area contributed by atoms with E-state index in [9.17, 15) is 28.8 Å². The van der Waals surface area contributed by atoms with Gasteiger partial charge in [0.15, 0.2) is 29.9 Å². The second kappa shape index (κ2) is 25.4. The van der Waals surface area contributed by atoms with Gasteiger partial charge in [-0.2, -0.15) is 0 Å². The first kappa shape index (κ1) is 41.9. The van der Waals surface area contributed by atoms with Crippen LogP contribution in [0.4, 0.5) is 0 Å². The Labute approximate surface area is 225 Å². The minimum absolute atomic E-state index is 0.212. The molecule has 0 saturated carbocycles. The molecular weight excluding hydrogens is 504 g/mol. The third-order valence-electron chi connectivity index (χ3n) is 4.00. The molecular formula is C26H44O12. The normalized spacial score (nSPS) is 13.4. The molecule has 5 unspecified atom stereocenters. The lowest BCUT2D eigenvalue weighted by molar-refractivity contribution is -0.164. The van der Waals surface area contributed by atoms with Gasteiger partial charge in [0.05, 0.1) is 13.0 Å². The van der Waals surface area contributed by atoms with Gasteiger partial charge in [-0.25, -0.2) is 9.59 Å². The van der Waals surface area contributed by atoms with E-state index in [0.717, 1.165) is 0 Å². The maximum atomic E-state index is 11.6. The Kier molecular flexibility index (Phi) is 28.0. The fourth-order valence-corrected chi connectivity index (χ4v) is 1.98. The first-order chi connectivity index (χ1) is 17.7. The average molecular weight is 549 g/mol. The minimum Gasteiger partial charge on any atom is -0.460 e. The topological polar surface area (TPSA) is 169 Å². The van der Waals surface area contributed by atoms with Crippen molar-refractivity contribution in [1.82, 2.24) is 0 Å². The molecule has 0 saturated heterocycles. The Morgan fingerprint density at radius 2 is 1.11 bits per heavy atom. The van der Waals surface area contributed by atoms with Gasteiger partial charge in [0.25, 0.3) is 0 Å². The molecule has 38 heavy (non-hydrogen) atoms. The second-order valence-corrected chi connectivity index (χ2v) is 7.46. The molecule has 5 atom stereocenters. The molecule has 12 nitrogen and oxygen atoms in total. The molecule has 0 aromatic heterocycles. The van der Waals surface area contributed by atoms with Gasteiger partial charge in [0, 0.05) is 14.2 Å².